The van der Waals surface area contributed by atoms with E-state index in [4.69, 9.17) is 9.94 Å². The minimum absolute atomic E-state index is 0.0212. The number of nitrogens with one attached hydrogen (secondary N) is 1. The predicted octanol–water partition coefficient (Wildman–Crippen LogP) is 3.46. The Morgan fingerprint density at radius 3 is 2.53 bits per heavy atom. The topological polar surface area (TPSA) is 110 Å². The van der Waals surface area contributed by atoms with Gasteiger partial charge in [-0.1, -0.05) is 13.3 Å². The lowest BCUT2D eigenvalue weighted by molar-refractivity contribution is -0.130. The van der Waals surface area contributed by atoms with Crippen LogP contribution in [0.1, 0.15) is 43.9 Å². The van der Waals surface area contributed by atoms with E-state index in [9.17, 15) is 18.0 Å². The van der Waals surface area contributed by atoms with Gasteiger partial charge in [0.25, 0.3) is 0 Å². The Morgan fingerprint density at radius 1 is 1.17 bits per heavy atom. The van der Waals surface area contributed by atoms with Crippen LogP contribution in [-0.2, 0) is 24.2 Å². The second-order valence-corrected chi connectivity index (χ2v) is 10.9. The Bertz CT molecular complexity index is 1010. The molecule has 1 saturated heterocycles. The van der Waals surface area contributed by atoms with Crippen LogP contribution in [0.15, 0.2) is 36.4 Å². The van der Waals surface area contributed by atoms with Gasteiger partial charge in [-0.3, -0.25) is 14.8 Å². The van der Waals surface area contributed by atoms with Gasteiger partial charge in [-0.2, -0.15) is 0 Å². The van der Waals surface area contributed by atoms with E-state index < -0.39 is 20.5 Å². The first kappa shape index (κ1) is 22.5. The number of benzene rings is 1. The number of hydroxylamine groups is 1. The normalized spacial score (nSPS) is 20.5. The van der Waals surface area contributed by atoms with Crippen molar-refractivity contribution in [3.8, 4) is 16.2 Å². The van der Waals surface area contributed by atoms with Gasteiger partial charge in [0.05, 0.1) is 12.2 Å². The smallest absolute Gasteiger partial charge is 0.245 e. The summed E-state index contributed by atoms with van der Waals surface area (Å²) in [6.45, 7) is 1.82. The Labute approximate surface area is 179 Å². The minimum atomic E-state index is -3.55. The predicted molar refractivity (Wildman–Crippen MR) is 114 cm³/mol. The molecular weight excluding hydrogens is 426 g/mol. The molecule has 1 atom stereocenters. The van der Waals surface area contributed by atoms with Gasteiger partial charge in [-0.15, -0.1) is 11.3 Å². The number of ether oxygens (including phenoxy) is 1. The van der Waals surface area contributed by atoms with Crippen LogP contribution in [0.3, 0.4) is 0 Å². The molecule has 1 amide bonds. The first-order chi connectivity index (χ1) is 14.3. The van der Waals surface area contributed by atoms with E-state index in [0.29, 0.717) is 36.3 Å². The summed E-state index contributed by atoms with van der Waals surface area (Å²) in [5.74, 6) is -0.0729. The van der Waals surface area contributed by atoms with Gasteiger partial charge in [-0.05, 0) is 54.8 Å². The van der Waals surface area contributed by atoms with Crippen LogP contribution < -0.4 is 10.2 Å². The van der Waals surface area contributed by atoms with Gasteiger partial charge in [-0.25, -0.2) is 13.9 Å². The van der Waals surface area contributed by atoms with Gasteiger partial charge in [0, 0.05) is 16.2 Å². The van der Waals surface area contributed by atoms with Crippen LogP contribution in [0.5, 0.6) is 5.75 Å². The molecule has 2 heterocycles. The summed E-state index contributed by atoms with van der Waals surface area (Å²) in [5, 5.41) is 8.98. The number of Topliss-reactive ketones (excluding diaryl/α,β-unsaturated/α-hetero) is 1. The number of amides is 1. The fourth-order valence-corrected chi connectivity index (χ4v) is 7.42. The summed E-state index contributed by atoms with van der Waals surface area (Å²) in [6.07, 6.45) is 1.75. The zero-order valence-electron chi connectivity index (χ0n) is 16.7. The van der Waals surface area contributed by atoms with E-state index in [0.717, 1.165) is 10.4 Å². The molecule has 0 aliphatic carbocycles. The highest BCUT2D eigenvalue weighted by Gasteiger charge is 2.49. The quantitative estimate of drug-likeness (QED) is 0.470. The second kappa shape index (κ2) is 9.28. The number of carbonyl (C=O) groups excluding carboxylic acids is 2. The molecule has 162 valence electrons. The molecule has 1 aliphatic rings. The summed E-state index contributed by atoms with van der Waals surface area (Å²) in [6, 6.07) is 10.8. The third kappa shape index (κ3) is 4.58. The highest BCUT2D eigenvalue weighted by Crippen LogP contribution is 2.47. The number of hydrogen-bond donors (Lipinski definition) is 2. The second-order valence-electron chi connectivity index (χ2n) is 7.35. The minimum Gasteiger partial charge on any atom is -0.486 e. The Kier molecular flexibility index (Phi) is 6.95. The lowest BCUT2D eigenvalue weighted by Gasteiger charge is -2.35. The highest BCUT2D eigenvalue weighted by molar-refractivity contribution is 7.92. The molecule has 2 aromatic rings. The summed E-state index contributed by atoms with van der Waals surface area (Å²) in [7, 11) is -3.55. The SMILES string of the molecule is CCC(=O)COc1ccc(-c2ccc([C@@]3(CC(=O)NO)CCCCS3(=O)=O)s2)cc1. The first-order valence-electron chi connectivity index (χ1n) is 9.82. The molecule has 0 bridgehead atoms. The molecule has 2 N–H and O–H groups in total. The van der Waals surface area contributed by atoms with Crippen LogP contribution in [0.4, 0.5) is 0 Å². The average molecular weight is 452 g/mol. The van der Waals surface area contributed by atoms with E-state index in [1.54, 1.807) is 30.6 Å². The zero-order valence-corrected chi connectivity index (χ0v) is 18.4. The Morgan fingerprint density at radius 2 is 1.90 bits per heavy atom. The van der Waals surface area contributed by atoms with Crippen molar-refractivity contribution in [2.45, 2.75) is 43.8 Å². The van der Waals surface area contributed by atoms with Crippen molar-refractivity contribution in [3.05, 3.63) is 41.3 Å². The van der Waals surface area contributed by atoms with Crippen LogP contribution >= 0.6 is 11.3 Å². The monoisotopic (exact) mass is 451 g/mol. The van der Waals surface area contributed by atoms with Gasteiger partial charge in [0.15, 0.2) is 15.6 Å². The molecule has 0 radical (unpaired) electrons. The molecule has 9 heteroatoms. The van der Waals surface area contributed by atoms with E-state index >= 15 is 0 Å². The number of rotatable bonds is 8. The van der Waals surface area contributed by atoms with Crippen molar-refractivity contribution < 1.29 is 28.0 Å². The van der Waals surface area contributed by atoms with Crippen LogP contribution in [0.2, 0.25) is 0 Å². The Hall–Kier alpha value is -2.23. The van der Waals surface area contributed by atoms with Crippen molar-refractivity contribution in [1.82, 2.24) is 5.48 Å². The zero-order chi connectivity index (χ0) is 21.8. The van der Waals surface area contributed by atoms with E-state index in [1.807, 2.05) is 18.2 Å². The number of hydrogen-bond acceptors (Lipinski definition) is 7. The van der Waals surface area contributed by atoms with E-state index in [1.165, 1.54) is 11.3 Å². The van der Waals surface area contributed by atoms with Crippen LogP contribution in [-0.4, -0.2) is 37.7 Å². The molecule has 1 fully saturated rings. The molecule has 0 saturated carbocycles. The summed E-state index contributed by atoms with van der Waals surface area (Å²) in [5.41, 5.74) is 2.46. The van der Waals surface area contributed by atoms with E-state index in [2.05, 4.69) is 0 Å². The highest BCUT2D eigenvalue weighted by atomic mass is 32.2. The fourth-order valence-electron chi connectivity index (χ4n) is 3.63. The standard InChI is InChI=1S/C21H25NO6S2/c1-2-16(23)14-28-17-7-5-15(6-8-17)18-9-10-19(29-18)21(13-20(24)22-25)11-3-4-12-30(21,26)27/h5-10,25H,2-4,11-14H2,1H3,(H,22,24)/t21-/m0/s1. The lowest BCUT2D eigenvalue weighted by Crippen LogP contribution is -2.43. The third-order valence-corrected chi connectivity index (χ3v) is 9.45. The lowest BCUT2D eigenvalue weighted by atomic mass is 9.94. The molecule has 30 heavy (non-hydrogen) atoms. The number of carbonyl (C=O) groups is 2. The van der Waals surface area contributed by atoms with Crippen molar-refractivity contribution in [2.75, 3.05) is 12.4 Å². The molecule has 0 unspecified atom stereocenters. The molecular formula is C21H25NO6S2. The van der Waals surface area contributed by atoms with Crippen molar-refractivity contribution in [2.24, 2.45) is 0 Å². The summed E-state index contributed by atoms with van der Waals surface area (Å²) >= 11 is 1.34. The average Bonchev–Trinajstić information content (AvgIpc) is 3.24. The maximum Gasteiger partial charge on any atom is 0.245 e. The van der Waals surface area contributed by atoms with Gasteiger partial charge in [0.2, 0.25) is 5.91 Å². The molecule has 1 aromatic heterocycles. The van der Waals surface area contributed by atoms with Crippen molar-refractivity contribution in [3.63, 3.8) is 0 Å². The Balaban J connectivity index is 1.87. The van der Waals surface area contributed by atoms with Gasteiger partial charge in [0.1, 0.15) is 17.1 Å². The molecule has 3 rings (SSSR count). The summed E-state index contributed by atoms with van der Waals surface area (Å²) < 4.78 is 30.1. The van der Waals surface area contributed by atoms with Crippen molar-refractivity contribution >= 4 is 32.9 Å². The van der Waals surface area contributed by atoms with E-state index in [-0.39, 0.29) is 24.6 Å². The van der Waals surface area contributed by atoms with Crippen molar-refractivity contribution in [1.29, 1.82) is 0 Å². The number of thiophene rings is 1. The summed E-state index contributed by atoms with van der Waals surface area (Å²) in [4.78, 5) is 24.8. The van der Waals surface area contributed by atoms with Gasteiger partial charge < -0.3 is 4.74 Å². The molecule has 0 spiro atoms. The maximum atomic E-state index is 13.0. The van der Waals surface area contributed by atoms with Crippen LogP contribution in [0.25, 0.3) is 10.4 Å². The largest absolute Gasteiger partial charge is 0.486 e. The number of sulfone groups is 1. The molecule has 1 aromatic carbocycles. The van der Waals surface area contributed by atoms with Gasteiger partial charge >= 0.3 is 0 Å². The third-order valence-electron chi connectivity index (χ3n) is 5.40. The molecule has 7 nitrogen and oxygen atoms in total. The van der Waals surface area contributed by atoms with Crippen LogP contribution in [0, 0.1) is 0 Å². The number of ketones is 1. The fraction of sp³-hybridized carbons (Fsp3) is 0.429. The first-order valence-corrected chi connectivity index (χ1v) is 12.3. The molecule has 1 aliphatic heterocycles. The maximum absolute atomic E-state index is 13.0.